The van der Waals surface area contributed by atoms with Gasteiger partial charge in [0.1, 0.15) is 6.10 Å². The van der Waals surface area contributed by atoms with E-state index in [-0.39, 0.29) is 12.2 Å². The molecule has 1 aliphatic heterocycles. The normalized spacial score (nSPS) is 19.8. The van der Waals surface area contributed by atoms with Crippen LogP contribution < -0.4 is 5.73 Å². The lowest BCUT2D eigenvalue weighted by Crippen LogP contribution is -2.38. The van der Waals surface area contributed by atoms with Crippen molar-refractivity contribution in [3.8, 4) is 0 Å². The SMILES string of the molecule is NCC(OC1COC1)c1ccsc1. The molecule has 0 amide bonds. The van der Waals surface area contributed by atoms with E-state index < -0.39 is 0 Å². The Bertz CT molecular complexity index is 246. The average Bonchev–Trinajstić information content (AvgIpc) is 2.55. The van der Waals surface area contributed by atoms with E-state index in [1.165, 1.54) is 5.56 Å². The van der Waals surface area contributed by atoms with E-state index >= 15 is 0 Å². The van der Waals surface area contributed by atoms with E-state index in [0.717, 1.165) is 0 Å². The highest BCUT2D eigenvalue weighted by atomic mass is 32.1. The van der Waals surface area contributed by atoms with Gasteiger partial charge in [0.25, 0.3) is 0 Å². The average molecular weight is 199 g/mol. The van der Waals surface area contributed by atoms with E-state index in [1.807, 2.05) is 5.38 Å². The molecule has 1 fully saturated rings. The fourth-order valence-electron chi connectivity index (χ4n) is 1.25. The van der Waals surface area contributed by atoms with Crippen LogP contribution in [0.5, 0.6) is 0 Å². The molecule has 1 atom stereocenters. The van der Waals surface area contributed by atoms with Gasteiger partial charge in [-0.05, 0) is 22.4 Å². The summed E-state index contributed by atoms with van der Waals surface area (Å²) in [6.45, 7) is 1.95. The maximum atomic E-state index is 5.74. The number of nitrogens with two attached hydrogens (primary N) is 1. The van der Waals surface area contributed by atoms with Crippen LogP contribution in [0, 0.1) is 0 Å². The standard InChI is InChI=1S/C9H13NO2S/c10-3-9(7-1-2-13-6-7)12-8-4-11-5-8/h1-2,6,8-9H,3-5,10H2. The lowest BCUT2D eigenvalue weighted by Gasteiger charge is -2.29. The summed E-state index contributed by atoms with van der Waals surface area (Å²) in [5.74, 6) is 0. The molecule has 1 aromatic heterocycles. The zero-order valence-corrected chi connectivity index (χ0v) is 8.13. The molecule has 0 radical (unpaired) electrons. The number of rotatable bonds is 4. The molecule has 4 heteroatoms. The quantitative estimate of drug-likeness (QED) is 0.791. The summed E-state index contributed by atoms with van der Waals surface area (Å²) in [5, 5.41) is 4.12. The number of ether oxygens (including phenoxy) is 2. The number of thiophene rings is 1. The molecule has 0 aliphatic carbocycles. The first-order valence-electron chi connectivity index (χ1n) is 4.35. The second-order valence-corrected chi connectivity index (χ2v) is 3.86. The lowest BCUT2D eigenvalue weighted by atomic mass is 10.2. The molecule has 2 rings (SSSR count). The highest BCUT2D eigenvalue weighted by Crippen LogP contribution is 2.22. The molecule has 1 unspecified atom stereocenters. The molecular formula is C9H13NO2S. The minimum Gasteiger partial charge on any atom is -0.376 e. The Balaban J connectivity index is 1.92. The van der Waals surface area contributed by atoms with Gasteiger partial charge in [0.15, 0.2) is 0 Å². The topological polar surface area (TPSA) is 44.5 Å². The summed E-state index contributed by atoms with van der Waals surface area (Å²) in [6, 6.07) is 2.06. The second kappa shape index (κ2) is 4.19. The summed E-state index contributed by atoms with van der Waals surface area (Å²) >= 11 is 1.67. The van der Waals surface area contributed by atoms with Crippen LogP contribution in [-0.4, -0.2) is 25.9 Å². The van der Waals surface area contributed by atoms with Gasteiger partial charge in [-0.25, -0.2) is 0 Å². The minimum absolute atomic E-state index is 0.0418. The number of hydrogen-bond donors (Lipinski definition) is 1. The highest BCUT2D eigenvalue weighted by molar-refractivity contribution is 7.07. The summed E-state index contributed by atoms with van der Waals surface area (Å²) in [6.07, 6.45) is 0.286. The van der Waals surface area contributed by atoms with Crippen molar-refractivity contribution in [2.75, 3.05) is 19.8 Å². The van der Waals surface area contributed by atoms with Crippen molar-refractivity contribution < 1.29 is 9.47 Å². The smallest absolute Gasteiger partial charge is 0.105 e. The van der Waals surface area contributed by atoms with Crippen molar-refractivity contribution in [2.24, 2.45) is 5.73 Å². The van der Waals surface area contributed by atoms with Crippen LogP contribution in [0.1, 0.15) is 11.7 Å². The molecule has 2 heterocycles. The molecule has 0 aromatic carbocycles. The molecule has 2 N–H and O–H groups in total. The third-order valence-corrected chi connectivity index (χ3v) is 2.79. The van der Waals surface area contributed by atoms with Crippen LogP contribution in [0.15, 0.2) is 16.8 Å². The van der Waals surface area contributed by atoms with Crippen LogP contribution in [0.4, 0.5) is 0 Å². The Kier molecular flexibility index (Phi) is 2.95. The van der Waals surface area contributed by atoms with Crippen molar-refractivity contribution in [2.45, 2.75) is 12.2 Å². The van der Waals surface area contributed by atoms with Gasteiger partial charge in [-0.1, -0.05) is 0 Å². The largest absolute Gasteiger partial charge is 0.376 e. The van der Waals surface area contributed by atoms with Gasteiger partial charge in [-0.15, -0.1) is 0 Å². The summed E-state index contributed by atoms with van der Waals surface area (Å²) < 4.78 is 10.8. The van der Waals surface area contributed by atoms with Crippen molar-refractivity contribution >= 4 is 11.3 Å². The molecule has 1 aliphatic rings. The van der Waals surface area contributed by atoms with Crippen molar-refractivity contribution in [3.63, 3.8) is 0 Å². The zero-order chi connectivity index (χ0) is 9.10. The Morgan fingerprint density at radius 1 is 1.69 bits per heavy atom. The van der Waals surface area contributed by atoms with E-state index in [9.17, 15) is 0 Å². The predicted molar refractivity (Wildman–Crippen MR) is 51.8 cm³/mol. The predicted octanol–water partition coefficient (Wildman–Crippen LogP) is 1.16. The van der Waals surface area contributed by atoms with Crippen LogP contribution >= 0.6 is 11.3 Å². The molecular weight excluding hydrogens is 186 g/mol. The fourth-order valence-corrected chi connectivity index (χ4v) is 1.96. The van der Waals surface area contributed by atoms with E-state index in [4.69, 9.17) is 15.2 Å². The zero-order valence-electron chi connectivity index (χ0n) is 7.31. The van der Waals surface area contributed by atoms with Crippen molar-refractivity contribution in [1.29, 1.82) is 0 Å². The molecule has 1 aromatic rings. The van der Waals surface area contributed by atoms with Gasteiger partial charge in [-0.3, -0.25) is 0 Å². The third-order valence-electron chi connectivity index (χ3n) is 2.09. The second-order valence-electron chi connectivity index (χ2n) is 3.08. The summed E-state index contributed by atoms with van der Waals surface area (Å²) in [7, 11) is 0. The van der Waals surface area contributed by atoms with E-state index in [1.54, 1.807) is 11.3 Å². The first-order valence-corrected chi connectivity index (χ1v) is 5.30. The molecule has 0 saturated carbocycles. The number of hydrogen-bond acceptors (Lipinski definition) is 4. The molecule has 0 spiro atoms. The van der Waals surface area contributed by atoms with Gasteiger partial charge in [-0.2, -0.15) is 11.3 Å². The van der Waals surface area contributed by atoms with Gasteiger partial charge < -0.3 is 15.2 Å². The van der Waals surface area contributed by atoms with Crippen LogP contribution in [-0.2, 0) is 9.47 Å². The maximum absolute atomic E-state index is 5.74. The Hall–Kier alpha value is -0.420. The first kappa shape index (κ1) is 9.15. The lowest BCUT2D eigenvalue weighted by molar-refractivity contribution is -0.153. The Labute approximate surface area is 81.5 Å². The molecule has 72 valence electrons. The fraction of sp³-hybridized carbons (Fsp3) is 0.556. The molecule has 3 nitrogen and oxygen atoms in total. The Morgan fingerprint density at radius 2 is 2.54 bits per heavy atom. The summed E-state index contributed by atoms with van der Waals surface area (Å²) in [5.41, 5.74) is 6.81. The van der Waals surface area contributed by atoms with Crippen LogP contribution in [0.3, 0.4) is 0 Å². The molecule has 13 heavy (non-hydrogen) atoms. The van der Waals surface area contributed by atoms with Gasteiger partial charge in [0.2, 0.25) is 0 Å². The van der Waals surface area contributed by atoms with Crippen LogP contribution in [0.25, 0.3) is 0 Å². The Morgan fingerprint density at radius 3 is 3.00 bits per heavy atom. The first-order chi connectivity index (χ1) is 6.40. The maximum Gasteiger partial charge on any atom is 0.105 e. The summed E-state index contributed by atoms with van der Waals surface area (Å²) in [4.78, 5) is 0. The highest BCUT2D eigenvalue weighted by Gasteiger charge is 2.23. The van der Waals surface area contributed by atoms with Crippen molar-refractivity contribution in [3.05, 3.63) is 22.4 Å². The van der Waals surface area contributed by atoms with Gasteiger partial charge in [0, 0.05) is 6.54 Å². The monoisotopic (exact) mass is 199 g/mol. The van der Waals surface area contributed by atoms with Crippen molar-refractivity contribution in [1.82, 2.24) is 0 Å². The third kappa shape index (κ3) is 2.08. The molecule has 0 bridgehead atoms. The van der Waals surface area contributed by atoms with E-state index in [2.05, 4.69) is 11.4 Å². The van der Waals surface area contributed by atoms with E-state index in [0.29, 0.717) is 19.8 Å². The van der Waals surface area contributed by atoms with Gasteiger partial charge >= 0.3 is 0 Å². The minimum atomic E-state index is 0.0418. The molecule has 1 saturated heterocycles. The van der Waals surface area contributed by atoms with Gasteiger partial charge in [0.05, 0.1) is 19.3 Å². The van der Waals surface area contributed by atoms with Crippen LogP contribution in [0.2, 0.25) is 0 Å².